The van der Waals surface area contributed by atoms with Crippen molar-refractivity contribution in [3.63, 3.8) is 0 Å². The molecule has 184 valence electrons. The molecule has 3 nitrogen and oxygen atoms in total. The monoisotopic (exact) mass is 477 g/mol. The molecule has 0 fully saturated rings. The molecule has 0 bridgehead atoms. The van der Waals surface area contributed by atoms with E-state index in [1.807, 2.05) is 24.3 Å². The lowest BCUT2D eigenvalue weighted by atomic mass is 9.79. The lowest BCUT2D eigenvalue weighted by molar-refractivity contribution is -0.123. The Kier molecular flexibility index (Phi) is 8.25. The van der Waals surface area contributed by atoms with E-state index in [0.29, 0.717) is 28.9 Å². The average Bonchev–Trinajstić information content (AvgIpc) is 3.02. The maximum atomic E-state index is 14.0. The van der Waals surface area contributed by atoms with Crippen LogP contribution in [-0.2, 0) is 16.1 Å². The molecule has 2 aromatic rings. The number of hydrogen-bond acceptors (Lipinski definition) is 3. The molecule has 0 spiro atoms. The SMILES string of the molecule is COC1=C(C[Si](C(C)C)(C(C)C)C(C)C)[C@@H](c2ccccc2)[C@](C)(NCc2ccccc2)C1=O. The first-order chi connectivity index (χ1) is 16.1. The third-order valence-corrected chi connectivity index (χ3v) is 15.9. The van der Waals surface area contributed by atoms with Crippen LogP contribution in [0.4, 0.5) is 0 Å². The van der Waals surface area contributed by atoms with Crippen LogP contribution in [0.5, 0.6) is 0 Å². The molecule has 2 aromatic carbocycles. The zero-order valence-corrected chi connectivity index (χ0v) is 23.3. The molecule has 1 aliphatic rings. The van der Waals surface area contributed by atoms with Crippen LogP contribution in [0, 0.1) is 0 Å². The van der Waals surface area contributed by atoms with E-state index < -0.39 is 13.6 Å². The van der Waals surface area contributed by atoms with Gasteiger partial charge in [0.15, 0.2) is 5.76 Å². The van der Waals surface area contributed by atoms with Crippen molar-refractivity contribution in [2.24, 2.45) is 0 Å². The summed E-state index contributed by atoms with van der Waals surface area (Å²) < 4.78 is 5.93. The number of benzene rings is 2. The highest BCUT2D eigenvalue weighted by Crippen LogP contribution is 2.53. The molecule has 1 aliphatic carbocycles. The van der Waals surface area contributed by atoms with Gasteiger partial charge in [0.1, 0.15) is 0 Å². The zero-order valence-electron chi connectivity index (χ0n) is 22.3. The second-order valence-electron chi connectivity index (χ2n) is 11.0. The minimum absolute atomic E-state index is 0.0528. The Morgan fingerprint density at radius 2 is 1.38 bits per heavy atom. The van der Waals surface area contributed by atoms with Gasteiger partial charge in [-0.15, -0.1) is 0 Å². The van der Waals surface area contributed by atoms with Crippen LogP contribution in [0.2, 0.25) is 22.7 Å². The van der Waals surface area contributed by atoms with Gasteiger partial charge in [-0.25, -0.2) is 0 Å². The van der Waals surface area contributed by atoms with Gasteiger partial charge in [0.25, 0.3) is 0 Å². The number of ketones is 1. The van der Waals surface area contributed by atoms with Crippen LogP contribution in [0.3, 0.4) is 0 Å². The predicted molar refractivity (Wildman–Crippen MR) is 146 cm³/mol. The van der Waals surface area contributed by atoms with Crippen molar-refractivity contribution >= 4 is 13.9 Å². The Morgan fingerprint density at radius 3 is 1.85 bits per heavy atom. The van der Waals surface area contributed by atoms with E-state index in [0.717, 1.165) is 6.04 Å². The zero-order chi connectivity index (χ0) is 25.1. The summed E-state index contributed by atoms with van der Waals surface area (Å²) >= 11 is 0. The van der Waals surface area contributed by atoms with E-state index in [1.54, 1.807) is 7.11 Å². The highest BCUT2D eigenvalue weighted by atomic mass is 28.3. The lowest BCUT2D eigenvalue weighted by Gasteiger charge is -2.45. The topological polar surface area (TPSA) is 38.3 Å². The van der Waals surface area contributed by atoms with Gasteiger partial charge in [-0.3, -0.25) is 10.1 Å². The minimum Gasteiger partial charge on any atom is -0.493 e. The first-order valence-corrected chi connectivity index (χ1v) is 15.2. The Balaban J connectivity index is 2.14. The third kappa shape index (κ3) is 4.67. The van der Waals surface area contributed by atoms with E-state index in [4.69, 9.17) is 4.74 Å². The summed E-state index contributed by atoms with van der Waals surface area (Å²) in [6.07, 6.45) is 0. The van der Waals surface area contributed by atoms with Crippen LogP contribution in [0.25, 0.3) is 0 Å². The first-order valence-electron chi connectivity index (χ1n) is 12.7. The van der Waals surface area contributed by atoms with E-state index in [-0.39, 0.29) is 11.7 Å². The molecule has 0 saturated heterocycles. The highest BCUT2D eigenvalue weighted by molar-refractivity contribution is 6.84. The number of carbonyl (C=O) groups is 1. The Labute approximate surface area is 208 Å². The minimum atomic E-state index is -1.82. The van der Waals surface area contributed by atoms with Crippen molar-refractivity contribution in [3.8, 4) is 0 Å². The van der Waals surface area contributed by atoms with Gasteiger partial charge in [0.2, 0.25) is 5.78 Å². The van der Waals surface area contributed by atoms with Crippen molar-refractivity contribution in [1.82, 2.24) is 5.32 Å². The molecule has 1 N–H and O–H groups in total. The Hall–Kier alpha value is -2.17. The molecule has 0 heterocycles. The summed E-state index contributed by atoms with van der Waals surface area (Å²) in [6.45, 7) is 17.0. The van der Waals surface area contributed by atoms with Crippen LogP contribution >= 0.6 is 0 Å². The van der Waals surface area contributed by atoms with E-state index in [1.165, 1.54) is 16.7 Å². The fraction of sp³-hybridized carbons (Fsp3) is 0.500. The summed E-state index contributed by atoms with van der Waals surface area (Å²) in [5, 5.41) is 3.68. The molecule has 0 aliphatic heterocycles. The number of Topliss-reactive ketones (excluding diaryl/α,β-unsaturated/α-hetero) is 1. The van der Waals surface area contributed by atoms with Crippen LogP contribution < -0.4 is 5.32 Å². The number of methoxy groups -OCH3 is 1. The number of nitrogens with one attached hydrogen (secondary N) is 1. The second-order valence-corrected chi connectivity index (χ2v) is 17.1. The maximum absolute atomic E-state index is 14.0. The van der Waals surface area contributed by atoms with Crippen LogP contribution in [-0.4, -0.2) is 26.5 Å². The molecule has 0 amide bonds. The normalized spacial score (nSPS) is 21.3. The smallest absolute Gasteiger partial charge is 0.217 e. The van der Waals surface area contributed by atoms with E-state index in [9.17, 15) is 4.79 Å². The number of hydrogen-bond donors (Lipinski definition) is 1. The molecule has 0 unspecified atom stereocenters. The molecule has 0 radical (unpaired) electrons. The summed E-state index contributed by atoms with van der Waals surface area (Å²) in [6, 6.07) is 21.9. The quantitative estimate of drug-likeness (QED) is 0.360. The largest absolute Gasteiger partial charge is 0.493 e. The maximum Gasteiger partial charge on any atom is 0.217 e. The third-order valence-electron chi connectivity index (χ3n) is 8.46. The first kappa shape index (κ1) is 26.4. The van der Waals surface area contributed by atoms with Gasteiger partial charge < -0.3 is 4.74 Å². The summed E-state index contributed by atoms with van der Waals surface area (Å²) in [5.41, 5.74) is 4.61. The van der Waals surface area contributed by atoms with Gasteiger partial charge >= 0.3 is 0 Å². The van der Waals surface area contributed by atoms with Crippen molar-refractivity contribution in [2.75, 3.05) is 7.11 Å². The fourth-order valence-corrected chi connectivity index (χ4v) is 12.8. The predicted octanol–water partition coefficient (Wildman–Crippen LogP) is 7.48. The van der Waals surface area contributed by atoms with Gasteiger partial charge in [-0.1, -0.05) is 119 Å². The Bertz CT molecular complexity index is 975. The van der Waals surface area contributed by atoms with Crippen molar-refractivity contribution in [3.05, 3.63) is 83.1 Å². The second kappa shape index (κ2) is 10.6. The Morgan fingerprint density at radius 1 is 0.882 bits per heavy atom. The molecule has 0 saturated carbocycles. The van der Waals surface area contributed by atoms with Crippen LogP contribution in [0.15, 0.2) is 72.0 Å². The van der Waals surface area contributed by atoms with E-state index >= 15 is 0 Å². The standard InChI is InChI=1S/C30H43NO2Si/c1-21(2)34(22(3)4,23(5)6)20-26-27(25-17-13-10-14-18-25)30(7,29(32)28(26)33-8)31-19-24-15-11-9-12-16-24/h9-18,21-23,27,31H,19-20H2,1-8H3/t27-,30+/m1/s1. The van der Waals surface area contributed by atoms with Gasteiger partial charge in [0.05, 0.1) is 20.7 Å². The van der Waals surface area contributed by atoms with Crippen molar-refractivity contribution in [2.45, 2.75) is 89.1 Å². The van der Waals surface area contributed by atoms with Gasteiger partial charge in [-0.2, -0.15) is 0 Å². The molecule has 34 heavy (non-hydrogen) atoms. The average molecular weight is 478 g/mol. The summed E-state index contributed by atoms with van der Waals surface area (Å²) in [7, 11) is -0.154. The molecular formula is C30H43NO2Si. The lowest BCUT2D eigenvalue weighted by Crippen LogP contribution is -2.51. The fourth-order valence-electron chi connectivity index (χ4n) is 6.58. The molecular weight excluding hydrogens is 434 g/mol. The number of carbonyl (C=O) groups excluding carboxylic acids is 1. The van der Waals surface area contributed by atoms with Crippen LogP contribution in [0.1, 0.15) is 65.5 Å². The summed E-state index contributed by atoms with van der Waals surface area (Å²) in [5.74, 6) is 0.604. The highest BCUT2D eigenvalue weighted by Gasteiger charge is 2.55. The van der Waals surface area contributed by atoms with Gasteiger partial charge in [0, 0.05) is 12.5 Å². The van der Waals surface area contributed by atoms with Gasteiger partial charge in [-0.05, 0) is 29.7 Å². The van der Waals surface area contributed by atoms with E-state index in [2.05, 4.69) is 90.2 Å². The molecule has 2 atom stereocenters. The molecule has 3 rings (SSSR count). The number of rotatable bonds is 10. The van der Waals surface area contributed by atoms with Crippen molar-refractivity contribution < 1.29 is 9.53 Å². The number of ether oxygens (including phenoxy) is 1. The summed E-state index contributed by atoms with van der Waals surface area (Å²) in [4.78, 5) is 14.0. The van der Waals surface area contributed by atoms with Crippen molar-refractivity contribution in [1.29, 1.82) is 0 Å². The molecule has 4 heteroatoms. The molecule has 0 aromatic heterocycles.